The smallest absolute Gasteiger partial charge is 0.311 e. The first-order valence-corrected chi connectivity index (χ1v) is 6.20. The van der Waals surface area contributed by atoms with Crippen LogP contribution in [0.15, 0.2) is 12.5 Å². The van der Waals surface area contributed by atoms with Crippen LogP contribution >= 0.6 is 23.2 Å². The lowest BCUT2D eigenvalue weighted by molar-refractivity contribution is -0.142. The molecule has 0 aliphatic carbocycles. The van der Waals surface area contributed by atoms with Gasteiger partial charge in [-0.3, -0.25) is 4.79 Å². The van der Waals surface area contributed by atoms with E-state index in [-0.39, 0.29) is 23.5 Å². The molecule has 1 aliphatic heterocycles. The minimum atomic E-state index is -0.783. The molecule has 8 heteroatoms. The third-order valence-electron chi connectivity index (χ3n) is 2.26. The van der Waals surface area contributed by atoms with E-state index in [0.29, 0.717) is 11.3 Å². The fraction of sp³-hybridized carbons (Fsp3) is 0.364. The summed E-state index contributed by atoms with van der Waals surface area (Å²) in [5.74, 6) is -0.444. The highest BCUT2D eigenvalue weighted by Crippen LogP contribution is 2.32. The fourth-order valence-electron chi connectivity index (χ4n) is 1.55. The van der Waals surface area contributed by atoms with Crippen LogP contribution in [-0.2, 0) is 25.4 Å². The number of halogens is 2. The quantitative estimate of drug-likeness (QED) is 0.483. The Morgan fingerprint density at radius 1 is 1.37 bits per heavy atom. The Bertz CT molecular complexity index is 514. The van der Waals surface area contributed by atoms with E-state index in [0.717, 1.165) is 0 Å². The highest BCUT2D eigenvalue weighted by molar-refractivity contribution is 6.32. The van der Waals surface area contributed by atoms with Crippen molar-refractivity contribution in [1.82, 2.24) is 9.97 Å². The summed E-state index contributed by atoms with van der Waals surface area (Å²) in [7, 11) is 0. The summed E-state index contributed by atoms with van der Waals surface area (Å²) in [5.41, 5.74) is 0.682. The van der Waals surface area contributed by atoms with Crippen molar-refractivity contribution in [1.29, 1.82) is 0 Å². The van der Waals surface area contributed by atoms with Crippen LogP contribution < -0.4 is 0 Å². The van der Waals surface area contributed by atoms with Crippen molar-refractivity contribution in [2.75, 3.05) is 6.61 Å². The molecule has 0 fully saturated rings. The molecule has 0 unspecified atom stereocenters. The van der Waals surface area contributed by atoms with Crippen molar-refractivity contribution < 1.29 is 19.0 Å². The van der Waals surface area contributed by atoms with Gasteiger partial charge >= 0.3 is 5.97 Å². The molecule has 0 saturated carbocycles. The summed E-state index contributed by atoms with van der Waals surface area (Å²) in [4.78, 5) is 19.3. The van der Waals surface area contributed by atoms with Gasteiger partial charge in [-0.25, -0.2) is 9.97 Å². The maximum absolute atomic E-state index is 11.5. The topological polar surface area (TPSA) is 70.5 Å². The second-order valence-corrected chi connectivity index (χ2v) is 4.20. The molecule has 0 saturated heterocycles. The Kier molecular flexibility index (Phi) is 4.44. The molecule has 0 bridgehead atoms. The number of esters is 1. The summed E-state index contributed by atoms with van der Waals surface area (Å²) >= 11 is 11.7. The lowest BCUT2D eigenvalue weighted by Crippen LogP contribution is -2.14. The molecule has 0 amide bonds. The van der Waals surface area contributed by atoms with Crippen LogP contribution in [-0.4, -0.2) is 22.5 Å². The van der Waals surface area contributed by atoms with E-state index >= 15 is 0 Å². The van der Waals surface area contributed by atoms with Crippen LogP contribution in [0.3, 0.4) is 0 Å². The number of ether oxygens (including phenoxy) is 3. The first-order valence-electron chi connectivity index (χ1n) is 5.45. The maximum atomic E-state index is 11.5. The van der Waals surface area contributed by atoms with E-state index in [1.165, 1.54) is 12.5 Å². The van der Waals surface area contributed by atoms with Crippen molar-refractivity contribution >= 4 is 29.2 Å². The van der Waals surface area contributed by atoms with Gasteiger partial charge < -0.3 is 14.2 Å². The molecule has 2 heterocycles. The lowest BCUT2D eigenvalue weighted by Gasteiger charge is -2.15. The molecule has 6 nitrogen and oxygen atoms in total. The van der Waals surface area contributed by atoms with Gasteiger partial charge in [0.15, 0.2) is 0 Å². The molecule has 2 rings (SSSR count). The molecule has 0 spiro atoms. The zero-order chi connectivity index (χ0) is 13.8. The van der Waals surface area contributed by atoms with Crippen LogP contribution in [0.2, 0.25) is 10.4 Å². The Morgan fingerprint density at radius 3 is 2.68 bits per heavy atom. The zero-order valence-electron chi connectivity index (χ0n) is 9.93. The monoisotopic (exact) mass is 304 g/mol. The maximum Gasteiger partial charge on any atom is 0.311 e. The Hall–Kier alpha value is -1.53. The summed E-state index contributed by atoms with van der Waals surface area (Å²) < 4.78 is 15.2. The number of carbonyl (C=O) groups is 1. The van der Waals surface area contributed by atoms with Gasteiger partial charge in [-0.2, -0.15) is 0 Å². The average Bonchev–Trinajstić information content (AvgIpc) is 2.81. The minimum Gasteiger partial charge on any atom is -0.466 e. The average molecular weight is 305 g/mol. The van der Waals surface area contributed by atoms with E-state index in [1.54, 1.807) is 6.92 Å². The lowest BCUT2D eigenvalue weighted by atomic mass is 10.1. The van der Waals surface area contributed by atoms with Gasteiger partial charge in [0.2, 0.25) is 5.28 Å². The molecule has 1 aliphatic rings. The molecule has 0 radical (unpaired) electrons. The van der Waals surface area contributed by atoms with Gasteiger partial charge in [-0.05, 0) is 18.5 Å². The molecular formula is C11H10Cl2N2O4. The molecule has 0 atom stereocenters. The highest BCUT2D eigenvalue weighted by atomic mass is 35.5. The Balaban J connectivity index is 2.31. The number of hydrogen-bond donors (Lipinski definition) is 0. The number of rotatable bonds is 4. The van der Waals surface area contributed by atoms with Crippen molar-refractivity contribution in [3.63, 3.8) is 0 Å². The molecule has 19 heavy (non-hydrogen) atoms. The van der Waals surface area contributed by atoms with Crippen LogP contribution in [0.25, 0.3) is 0 Å². The van der Waals surface area contributed by atoms with Crippen LogP contribution in [0.1, 0.15) is 24.5 Å². The third kappa shape index (κ3) is 3.27. The van der Waals surface area contributed by atoms with Crippen LogP contribution in [0.5, 0.6) is 0 Å². The largest absolute Gasteiger partial charge is 0.466 e. The van der Waals surface area contributed by atoms with Crippen molar-refractivity contribution in [2.45, 2.75) is 19.6 Å². The first kappa shape index (κ1) is 13.9. The van der Waals surface area contributed by atoms with Crippen molar-refractivity contribution in [3.05, 3.63) is 34.2 Å². The number of nitrogens with zero attached hydrogens (tertiary/aromatic N) is 2. The Labute approximate surface area is 119 Å². The van der Waals surface area contributed by atoms with E-state index in [4.69, 9.17) is 37.4 Å². The Morgan fingerprint density at radius 2 is 2.05 bits per heavy atom. The van der Waals surface area contributed by atoms with E-state index in [2.05, 4.69) is 9.97 Å². The SMILES string of the molecule is CCOC(=O)Cc1nc(Cl)nc(Cl)c1C1OC=CO1. The predicted octanol–water partition coefficient (Wildman–Crippen LogP) is 2.41. The summed E-state index contributed by atoms with van der Waals surface area (Å²) in [6.45, 7) is 1.99. The summed E-state index contributed by atoms with van der Waals surface area (Å²) in [6.07, 6.45) is 1.86. The van der Waals surface area contributed by atoms with E-state index < -0.39 is 12.3 Å². The normalized spacial score (nSPS) is 14.1. The zero-order valence-corrected chi connectivity index (χ0v) is 11.4. The summed E-state index contributed by atoms with van der Waals surface area (Å²) in [6, 6.07) is 0. The molecule has 1 aromatic rings. The van der Waals surface area contributed by atoms with E-state index in [9.17, 15) is 4.79 Å². The van der Waals surface area contributed by atoms with Crippen LogP contribution in [0, 0.1) is 0 Å². The van der Waals surface area contributed by atoms with Gasteiger partial charge in [0.1, 0.15) is 17.7 Å². The standard InChI is InChI=1S/C11H10Cl2N2O4/c1-2-17-7(16)5-6-8(10-18-3-4-19-10)9(12)15-11(13)14-6/h3-4,10H,2,5H2,1H3. The van der Waals surface area contributed by atoms with Gasteiger partial charge in [0.05, 0.1) is 24.3 Å². The second-order valence-electron chi connectivity index (χ2n) is 3.50. The summed E-state index contributed by atoms with van der Waals surface area (Å²) in [5, 5.41) is 0.0204. The molecule has 0 aromatic carbocycles. The van der Waals surface area contributed by atoms with Crippen molar-refractivity contribution in [2.24, 2.45) is 0 Å². The van der Waals surface area contributed by atoms with Gasteiger partial charge in [0, 0.05) is 0 Å². The minimum absolute atomic E-state index is 0.0565. The van der Waals surface area contributed by atoms with Gasteiger partial charge in [0.25, 0.3) is 6.29 Å². The van der Waals surface area contributed by atoms with Gasteiger partial charge in [-0.1, -0.05) is 11.6 Å². The number of hydrogen-bond acceptors (Lipinski definition) is 6. The van der Waals surface area contributed by atoms with Crippen molar-refractivity contribution in [3.8, 4) is 0 Å². The molecule has 102 valence electrons. The molecular weight excluding hydrogens is 295 g/mol. The van der Waals surface area contributed by atoms with Crippen LogP contribution in [0.4, 0.5) is 0 Å². The molecule has 1 aromatic heterocycles. The highest BCUT2D eigenvalue weighted by Gasteiger charge is 2.27. The third-order valence-corrected chi connectivity index (χ3v) is 2.72. The predicted molar refractivity (Wildman–Crippen MR) is 66.4 cm³/mol. The fourth-order valence-corrected chi connectivity index (χ4v) is 2.06. The number of aromatic nitrogens is 2. The first-order chi connectivity index (χ1) is 9.11. The second kappa shape index (κ2) is 6.08. The molecule has 0 N–H and O–H groups in total. The van der Waals surface area contributed by atoms with E-state index in [1.807, 2.05) is 0 Å². The van der Waals surface area contributed by atoms with Gasteiger partial charge in [-0.15, -0.1) is 0 Å². The number of carbonyl (C=O) groups excluding carboxylic acids is 1.